The number of aromatic nitrogens is 5. The number of pyridine rings is 1. The zero-order chi connectivity index (χ0) is 42.1. The molecule has 0 aliphatic heterocycles. The minimum absolute atomic E-state index is 0.681. The van der Waals surface area contributed by atoms with Crippen LogP contribution in [0.4, 0.5) is 0 Å². The van der Waals surface area contributed by atoms with E-state index in [4.69, 9.17) is 15.0 Å². The van der Waals surface area contributed by atoms with E-state index in [1.54, 1.807) is 0 Å². The van der Waals surface area contributed by atoms with E-state index in [0.717, 1.165) is 83.4 Å². The largest absolute Gasteiger partial charge is 0.309 e. The van der Waals surface area contributed by atoms with Crippen molar-refractivity contribution in [2.45, 2.75) is 0 Å². The average Bonchev–Trinajstić information content (AvgIpc) is 3.89. The van der Waals surface area contributed by atoms with E-state index in [9.17, 15) is 0 Å². The van der Waals surface area contributed by atoms with Crippen LogP contribution in [0.1, 0.15) is 0 Å². The summed E-state index contributed by atoms with van der Waals surface area (Å²) in [6.45, 7) is 0. The highest BCUT2D eigenvalue weighted by atomic mass is 15.0. The van der Waals surface area contributed by atoms with Gasteiger partial charge in [0.25, 0.3) is 0 Å². The lowest BCUT2D eigenvalue weighted by Crippen LogP contribution is -1.98. The third-order valence-corrected chi connectivity index (χ3v) is 12.7. The third-order valence-electron chi connectivity index (χ3n) is 12.7. The highest BCUT2D eigenvalue weighted by molar-refractivity contribution is 6.27. The molecule has 5 heteroatoms. The molecule has 0 atom stereocenters. The molecule has 13 rings (SSSR count). The van der Waals surface area contributed by atoms with Crippen LogP contribution < -0.4 is 0 Å². The highest BCUT2D eigenvalue weighted by Crippen LogP contribution is 2.43. The normalized spacial score (nSPS) is 11.8. The molecule has 13 aromatic rings. The number of hydrogen-bond acceptors (Lipinski definition) is 3. The van der Waals surface area contributed by atoms with Gasteiger partial charge in [0.05, 0.1) is 44.7 Å². The van der Waals surface area contributed by atoms with Crippen molar-refractivity contribution >= 4 is 65.3 Å². The summed E-state index contributed by atoms with van der Waals surface area (Å²) in [7, 11) is 0. The van der Waals surface area contributed by atoms with Crippen molar-refractivity contribution in [3.8, 4) is 56.5 Å². The Morgan fingerprint density at radius 1 is 0.297 bits per heavy atom. The van der Waals surface area contributed by atoms with E-state index in [2.05, 4.69) is 215 Å². The predicted molar refractivity (Wildman–Crippen MR) is 265 cm³/mol. The second-order valence-electron chi connectivity index (χ2n) is 16.4. The molecule has 5 nitrogen and oxygen atoms in total. The summed E-state index contributed by atoms with van der Waals surface area (Å²) >= 11 is 0. The number of rotatable bonds is 6. The standard InChI is InChI=1S/C59H37N5/c1-4-17-38(18-5-1)57-48-33-32-46-49-36-41(31-34-55(49)64(42-22-8-3-9-23-42)58(46)56(48)47-27-10-13-28-50(47)60-57)52-37-51(61-59(62-52)39-19-6-2-7-20-39)40-21-16-24-43(35-40)63-53-29-14-11-25-44(53)45-26-12-15-30-54(45)63/h1-37H. The molecule has 9 aromatic carbocycles. The molecule has 64 heavy (non-hydrogen) atoms. The van der Waals surface area contributed by atoms with Gasteiger partial charge in [-0.3, -0.25) is 0 Å². The maximum Gasteiger partial charge on any atom is 0.160 e. The Hall–Kier alpha value is -8.67. The molecule has 0 amide bonds. The van der Waals surface area contributed by atoms with Gasteiger partial charge in [-0.15, -0.1) is 0 Å². The predicted octanol–water partition coefficient (Wildman–Crippen LogP) is 15.0. The van der Waals surface area contributed by atoms with E-state index < -0.39 is 0 Å². The summed E-state index contributed by atoms with van der Waals surface area (Å²) in [5.74, 6) is 0.681. The molecule has 4 aromatic heterocycles. The molecule has 0 radical (unpaired) electrons. The van der Waals surface area contributed by atoms with Gasteiger partial charge >= 0.3 is 0 Å². The quantitative estimate of drug-likeness (QED) is 0.157. The molecule has 0 fully saturated rings. The minimum atomic E-state index is 0.681. The second kappa shape index (κ2) is 14.5. The van der Waals surface area contributed by atoms with Crippen LogP contribution >= 0.6 is 0 Å². The van der Waals surface area contributed by atoms with Gasteiger partial charge in [-0.25, -0.2) is 15.0 Å². The van der Waals surface area contributed by atoms with Gasteiger partial charge in [-0.1, -0.05) is 164 Å². The summed E-state index contributed by atoms with van der Waals surface area (Å²) < 4.78 is 4.79. The number of hydrogen-bond donors (Lipinski definition) is 0. The number of para-hydroxylation sites is 4. The van der Waals surface area contributed by atoms with Gasteiger partial charge in [0, 0.05) is 71.3 Å². The molecule has 298 valence electrons. The van der Waals surface area contributed by atoms with Crippen LogP contribution in [0, 0.1) is 0 Å². The maximum atomic E-state index is 5.31. The van der Waals surface area contributed by atoms with Crippen molar-refractivity contribution in [2.75, 3.05) is 0 Å². The van der Waals surface area contributed by atoms with Crippen molar-refractivity contribution < 1.29 is 0 Å². The lowest BCUT2D eigenvalue weighted by atomic mass is 9.97. The van der Waals surface area contributed by atoms with Gasteiger partial charge in [-0.05, 0) is 60.7 Å². The number of nitrogens with zero attached hydrogens (tertiary/aromatic N) is 5. The van der Waals surface area contributed by atoms with Crippen LogP contribution in [0.15, 0.2) is 224 Å². The van der Waals surface area contributed by atoms with Crippen molar-refractivity contribution in [2.24, 2.45) is 0 Å². The van der Waals surface area contributed by atoms with Crippen LogP contribution in [-0.4, -0.2) is 24.1 Å². The summed E-state index contributed by atoms with van der Waals surface area (Å²) in [4.78, 5) is 15.9. The van der Waals surface area contributed by atoms with Crippen molar-refractivity contribution in [1.82, 2.24) is 24.1 Å². The van der Waals surface area contributed by atoms with Gasteiger partial charge in [-0.2, -0.15) is 0 Å². The van der Waals surface area contributed by atoms with Crippen molar-refractivity contribution in [1.29, 1.82) is 0 Å². The third kappa shape index (κ3) is 5.68. The Labute approximate surface area is 368 Å². The minimum Gasteiger partial charge on any atom is -0.309 e. The van der Waals surface area contributed by atoms with E-state index in [1.807, 2.05) is 18.2 Å². The number of benzene rings is 9. The van der Waals surface area contributed by atoms with E-state index in [0.29, 0.717) is 5.82 Å². The van der Waals surface area contributed by atoms with Gasteiger partial charge in [0.1, 0.15) is 0 Å². The fourth-order valence-electron chi connectivity index (χ4n) is 9.83. The topological polar surface area (TPSA) is 48.5 Å². The van der Waals surface area contributed by atoms with Gasteiger partial charge in [0.2, 0.25) is 0 Å². The second-order valence-corrected chi connectivity index (χ2v) is 16.4. The highest BCUT2D eigenvalue weighted by Gasteiger charge is 2.21. The first kappa shape index (κ1) is 36.0. The molecule has 0 N–H and O–H groups in total. The Balaban J connectivity index is 1.05. The van der Waals surface area contributed by atoms with Crippen molar-refractivity contribution in [3.63, 3.8) is 0 Å². The maximum absolute atomic E-state index is 5.31. The first-order valence-corrected chi connectivity index (χ1v) is 21.7. The van der Waals surface area contributed by atoms with E-state index in [-0.39, 0.29) is 0 Å². The fraction of sp³-hybridized carbons (Fsp3) is 0. The molecule has 0 saturated heterocycles. The molecule has 0 aliphatic rings. The molecule has 0 unspecified atom stereocenters. The molecular weight excluding hydrogens is 779 g/mol. The lowest BCUT2D eigenvalue weighted by Gasteiger charge is -2.14. The summed E-state index contributed by atoms with van der Waals surface area (Å²) in [6.07, 6.45) is 0. The summed E-state index contributed by atoms with van der Waals surface area (Å²) in [6, 6.07) is 79.6. The van der Waals surface area contributed by atoms with E-state index in [1.165, 1.54) is 32.6 Å². The molecule has 0 spiro atoms. The molecular formula is C59H37N5. The van der Waals surface area contributed by atoms with Crippen molar-refractivity contribution in [3.05, 3.63) is 224 Å². The van der Waals surface area contributed by atoms with Crippen LogP contribution in [-0.2, 0) is 0 Å². The summed E-state index contributed by atoms with van der Waals surface area (Å²) in [5, 5.41) is 8.21. The monoisotopic (exact) mass is 815 g/mol. The Morgan fingerprint density at radius 2 is 0.844 bits per heavy atom. The summed E-state index contributed by atoms with van der Waals surface area (Å²) in [5.41, 5.74) is 14.6. The molecule has 0 bridgehead atoms. The zero-order valence-electron chi connectivity index (χ0n) is 34.6. The van der Waals surface area contributed by atoms with Gasteiger partial charge in [0.15, 0.2) is 5.82 Å². The van der Waals surface area contributed by atoms with Crippen LogP contribution in [0.3, 0.4) is 0 Å². The lowest BCUT2D eigenvalue weighted by molar-refractivity contribution is 1.16. The van der Waals surface area contributed by atoms with Gasteiger partial charge < -0.3 is 9.13 Å². The first-order chi connectivity index (χ1) is 31.7. The smallest absolute Gasteiger partial charge is 0.160 e. The van der Waals surface area contributed by atoms with Crippen LogP contribution in [0.25, 0.3) is 122 Å². The molecule has 0 saturated carbocycles. The number of fused-ring (bicyclic) bond motifs is 10. The Kier molecular flexibility index (Phi) is 8.15. The fourth-order valence-corrected chi connectivity index (χ4v) is 9.83. The van der Waals surface area contributed by atoms with Crippen LogP contribution in [0.5, 0.6) is 0 Å². The van der Waals surface area contributed by atoms with E-state index >= 15 is 0 Å². The zero-order valence-corrected chi connectivity index (χ0v) is 34.6. The Morgan fingerprint density at radius 3 is 1.56 bits per heavy atom. The SMILES string of the molecule is c1ccc(-c2nc(-c3cccc(-n4c5ccccc5c5ccccc54)c3)cc(-c3ccc4c(c3)c3ccc5c(-c6ccccc6)nc6ccccc6c5c3n4-c3ccccc3)n2)cc1. The average molecular weight is 816 g/mol. The Bertz CT molecular complexity index is 3890. The molecule has 0 aliphatic carbocycles. The van der Waals surface area contributed by atoms with Crippen LogP contribution in [0.2, 0.25) is 0 Å². The molecule has 4 heterocycles. The first-order valence-electron chi connectivity index (χ1n) is 21.7.